The predicted octanol–water partition coefficient (Wildman–Crippen LogP) is 5.65. The number of carbonyl (C=O) groups excluding carboxylic acids is 1. The molecule has 0 aliphatic heterocycles. The molecule has 25 heavy (non-hydrogen) atoms. The molecule has 134 valence electrons. The lowest BCUT2D eigenvalue weighted by Crippen LogP contribution is -1.91. The van der Waals surface area contributed by atoms with E-state index in [2.05, 4.69) is 63.1 Å². The molecule has 1 N–H and O–H groups in total. The molecule has 3 heteroatoms. The Labute approximate surface area is 155 Å². The third-order valence-electron chi connectivity index (χ3n) is 3.87. The maximum Gasteiger partial charge on any atom is 0.124 e. The molecule has 2 rings (SSSR count). The van der Waals surface area contributed by atoms with Crippen LogP contribution in [0.25, 0.3) is 10.1 Å². The summed E-state index contributed by atoms with van der Waals surface area (Å²) >= 11 is 1.72. The standard InChI is InChI=1S/C21H24OS.CH4O/c1-15(2)5-8-18(16(3)4)9-6-17-7-10-20-19(11-12-22)14-23-21(20)13-17;1-2/h5,7-8,10,12-14H,3,6,9,11H2,1-2,4H3;2H,1H3/b18-8-;. The highest BCUT2D eigenvalue weighted by Gasteiger charge is 2.05. The molecule has 1 aromatic carbocycles. The van der Waals surface area contributed by atoms with Gasteiger partial charge in [0.05, 0.1) is 0 Å². The van der Waals surface area contributed by atoms with Crippen molar-refractivity contribution in [2.75, 3.05) is 7.11 Å². The monoisotopic (exact) mass is 356 g/mol. The third kappa shape index (κ3) is 6.45. The number of aliphatic hydroxyl groups is 1. The Hall–Kier alpha value is -1.97. The van der Waals surface area contributed by atoms with Gasteiger partial charge in [0.15, 0.2) is 0 Å². The highest BCUT2D eigenvalue weighted by molar-refractivity contribution is 7.17. The Morgan fingerprint density at radius 3 is 2.52 bits per heavy atom. The average molecular weight is 357 g/mol. The Morgan fingerprint density at radius 1 is 1.20 bits per heavy atom. The van der Waals surface area contributed by atoms with Gasteiger partial charge in [-0.1, -0.05) is 42.0 Å². The largest absolute Gasteiger partial charge is 0.400 e. The SMILES string of the molecule is C=C(C)/C(=C\C=C(C)C)CCc1ccc2c(CC=O)csc2c1.CO. The minimum atomic E-state index is 0.505. The van der Waals surface area contributed by atoms with E-state index in [1.165, 1.54) is 26.8 Å². The van der Waals surface area contributed by atoms with Crippen molar-refractivity contribution in [3.8, 4) is 0 Å². The van der Waals surface area contributed by atoms with E-state index in [-0.39, 0.29) is 0 Å². The summed E-state index contributed by atoms with van der Waals surface area (Å²) in [6.07, 6.45) is 7.82. The van der Waals surface area contributed by atoms with Gasteiger partial charge in [0.1, 0.15) is 6.29 Å². The second-order valence-electron chi connectivity index (χ2n) is 6.18. The van der Waals surface area contributed by atoms with Crippen LogP contribution in [0.3, 0.4) is 0 Å². The van der Waals surface area contributed by atoms with Crippen molar-refractivity contribution in [3.63, 3.8) is 0 Å². The third-order valence-corrected chi connectivity index (χ3v) is 4.87. The van der Waals surface area contributed by atoms with Crippen LogP contribution in [0.15, 0.2) is 59.0 Å². The highest BCUT2D eigenvalue weighted by Crippen LogP contribution is 2.28. The summed E-state index contributed by atoms with van der Waals surface area (Å²) in [4.78, 5) is 10.7. The Balaban J connectivity index is 0.00000151. The molecular formula is C22H28O2S. The molecule has 0 radical (unpaired) electrons. The minimum absolute atomic E-state index is 0.505. The van der Waals surface area contributed by atoms with Gasteiger partial charge in [0.2, 0.25) is 0 Å². The van der Waals surface area contributed by atoms with Crippen LogP contribution in [0.4, 0.5) is 0 Å². The summed E-state index contributed by atoms with van der Waals surface area (Å²) in [5.74, 6) is 0. The molecule has 2 aromatic rings. The molecule has 0 atom stereocenters. The molecule has 1 heterocycles. The Kier molecular flexibility index (Phi) is 9.11. The molecule has 0 spiro atoms. The number of hydrogen-bond acceptors (Lipinski definition) is 3. The fourth-order valence-electron chi connectivity index (χ4n) is 2.52. The molecule has 2 nitrogen and oxygen atoms in total. The number of thiophene rings is 1. The zero-order valence-corrected chi connectivity index (χ0v) is 16.5. The molecule has 0 saturated carbocycles. The zero-order valence-electron chi connectivity index (χ0n) is 15.6. The Bertz CT molecular complexity index is 774. The second-order valence-corrected chi connectivity index (χ2v) is 7.09. The molecule has 1 aromatic heterocycles. The van der Waals surface area contributed by atoms with Gasteiger partial charge in [-0.25, -0.2) is 0 Å². The lowest BCUT2D eigenvalue weighted by Gasteiger charge is -2.07. The topological polar surface area (TPSA) is 37.3 Å². The highest BCUT2D eigenvalue weighted by atomic mass is 32.1. The molecule has 0 unspecified atom stereocenters. The summed E-state index contributed by atoms with van der Waals surface area (Å²) in [5, 5.41) is 10.3. The van der Waals surface area contributed by atoms with Crippen LogP contribution < -0.4 is 0 Å². The molecule has 0 aliphatic rings. The van der Waals surface area contributed by atoms with Gasteiger partial charge in [-0.15, -0.1) is 11.3 Å². The average Bonchev–Trinajstić information content (AvgIpc) is 2.99. The van der Waals surface area contributed by atoms with Crippen LogP contribution in [-0.2, 0) is 17.6 Å². The maximum absolute atomic E-state index is 10.7. The zero-order chi connectivity index (χ0) is 18.8. The number of fused-ring (bicyclic) bond motifs is 1. The quantitative estimate of drug-likeness (QED) is 0.514. The smallest absolute Gasteiger partial charge is 0.124 e. The number of benzene rings is 1. The molecule has 0 fully saturated rings. The van der Waals surface area contributed by atoms with Crippen molar-refractivity contribution in [1.29, 1.82) is 0 Å². The van der Waals surface area contributed by atoms with E-state index in [0.29, 0.717) is 6.42 Å². The molecule has 0 bridgehead atoms. The van der Waals surface area contributed by atoms with E-state index < -0.39 is 0 Å². The first-order valence-corrected chi connectivity index (χ1v) is 9.26. The lowest BCUT2D eigenvalue weighted by atomic mass is 9.98. The number of aryl methyl sites for hydroxylation is 1. The van der Waals surface area contributed by atoms with Crippen LogP contribution >= 0.6 is 11.3 Å². The van der Waals surface area contributed by atoms with E-state index in [0.717, 1.165) is 37.4 Å². The number of rotatable bonds is 7. The van der Waals surface area contributed by atoms with Gasteiger partial charge in [0.25, 0.3) is 0 Å². The second kappa shape index (κ2) is 10.8. The summed E-state index contributed by atoms with van der Waals surface area (Å²) in [6.45, 7) is 10.4. The van der Waals surface area contributed by atoms with Crippen molar-refractivity contribution >= 4 is 27.7 Å². The fraction of sp³-hybridized carbons (Fsp3) is 0.318. The maximum atomic E-state index is 10.7. The van der Waals surface area contributed by atoms with Gasteiger partial charge in [-0.05, 0) is 67.1 Å². The first-order valence-electron chi connectivity index (χ1n) is 8.38. The number of aliphatic hydroxyl groups excluding tert-OH is 1. The first kappa shape index (κ1) is 21.1. The van der Waals surface area contributed by atoms with Crippen LogP contribution in [0.5, 0.6) is 0 Å². The van der Waals surface area contributed by atoms with Gasteiger partial charge in [-0.2, -0.15) is 0 Å². The van der Waals surface area contributed by atoms with Crippen molar-refractivity contribution in [2.24, 2.45) is 0 Å². The van der Waals surface area contributed by atoms with E-state index in [1.807, 2.05) is 0 Å². The van der Waals surface area contributed by atoms with E-state index in [1.54, 1.807) is 11.3 Å². The summed E-state index contributed by atoms with van der Waals surface area (Å²) in [5.41, 5.74) is 6.21. The van der Waals surface area contributed by atoms with Crippen LogP contribution in [0.1, 0.15) is 38.3 Å². The van der Waals surface area contributed by atoms with Gasteiger partial charge in [0, 0.05) is 18.2 Å². The van der Waals surface area contributed by atoms with Crippen molar-refractivity contribution in [3.05, 3.63) is 70.2 Å². The van der Waals surface area contributed by atoms with Gasteiger partial charge in [-0.3, -0.25) is 0 Å². The minimum Gasteiger partial charge on any atom is -0.400 e. The van der Waals surface area contributed by atoms with Crippen LogP contribution in [-0.4, -0.2) is 18.5 Å². The fourth-order valence-corrected chi connectivity index (χ4v) is 3.55. The normalized spacial score (nSPS) is 10.8. The molecular weight excluding hydrogens is 328 g/mol. The lowest BCUT2D eigenvalue weighted by molar-refractivity contribution is -0.107. The van der Waals surface area contributed by atoms with E-state index in [4.69, 9.17) is 5.11 Å². The number of carbonyl (C=O) groups is 1. The summed E-state index contributed by atoms with van der Waals surface area (Å²) in [6, 6.07) is 6.59. The predicted molar refractivity (Wildman–Crippen MR) is 110 cm³/mol. The van der Waals surface area contributed by atoms with Crippen molar-refractivity contribution in [1.82, 2.24) is 0 Å². The molecule has 0 amide bonds. The molecule has 0 saturated heterocycles. The number of hydrogen-bond donors (Lipinski definition) is 1. The Morgan fingerprint density at radius 2 is 1.92 bits per heavy atom. The van der Waals surface area contributed by atoms with E-state index >= 15 is 0 Å². The van der Waals surface area contributed by atoms with Crippen LogP contribution in [0.2, 0.25) is 0 Å². The number of allylic oxidation sites excluding steroid dienone is 5. The van der Waals surface area contributed by atoms with Crippen molar-refractivity contribution in [2.45, 2.75) is 40.0 Å². The van der Waals surface area contributed by atoms with Crippen molar-refractivity contribution < 1.29 is 9.90 Å². The van der Waals surface area contributed by atoms with Crippen LogP contribution in [0, 0.1) is 0 Å². The summed E-state index contributed by atoms with van der Waals surface area (Å²) in [7, 11) is 1.00. The summed E-state index contributed by atoms with van der Waals surface area (Å²) < 4.78 is 1.27. The van der Waals surface area contributed by atoms with Gasteiger partial charge >= 0.3 is 0 Å². The van der Waals surface area contributed by atoms with E-state index in [9.17, 15) is 4.79 Å². The molecule has 0 aliphatic carbocycles. The van der Waals surface area contributed by atoms with Gasteiger partial charge < -0.3 is 9.90 Å². The number of aldehydes is 1. The first-order chi connectivity index (χ1) is 12.0.